The number of nitrogens with one attached hydrogen (secondary N) is 2. The van der Waals surface area contributed by atoms with Crippen LogP contribution in [0.4, 0.5) is 5.69 Å². The number of carbonyl (C=O) groups is 1. The molecule has 2 aromatic rings. The van der Waals surface area contributed by atoms with Crippen LogP contribution in [0.3, 0.4) is 0 Å². The van der Waals surface area contributed by atoms with Gasteiger partial charge in [0.2, 0.25) is 5.91 Å². The lowest BCUT2D eigenvalue weighted by Crippen LogP contribution is -2.21. The molecule has 0 saturated carbocycles. The van der Waals surface area contributed by atoms with E-state index in [0.717, 1.165) is 26.3 Å². The third-order valence-electron chi connectivity index (χ3n) is 3.20. The van der Waals surface area contributed by atoms with Gasteiger partial charge in [-0.3, -0.25) is 4.79 Å². The average molecular weight is 382 g/mol. The van der Waals surface area contributed by atoms with Gasteiger partial charge in [-0.25, -0.2) is 0 Å². The van der Waals surface area contributed by atoms with Gasteiger partial charge in [-0.1, -0.05) is 35.9 Å². The van der Waals surface area contributed by atoms with Gasteiger partial charge in [0.05, 0.1) is 5.69 Å². The van der Waals surface area contributed by atoms with Crippen molar-refractivity contribution in [1.82, 2.24) is 5.32 Å². The van der Waals surface area contributed by atoms with Crippen LogP contribution in [0, 0.1) is 6.92 Å². The summed E-state index contributed by atoms with van der Waals surface area (Å²) in [5.41, 5.74) is 2.97. The number of hydrogen-bond donors (Lipinski definition) is 2. The van der Waals surface area contributed by atoms with Crippen LogP contribution in [-0.2, 0) is 11.3 Å². The molecule has 3 nitrogen and oxygen atoms in total. The second-order valence-electron chi connectivity index (χ2n) is 5.05. The van der Waals surface area contributed by atoms with Crippen molar-refractivity contribution in [3.05, 3.63) is 63.1 Å². The largest absolute Gasteiger partial charge is 0.325 e. The third-order valence-corrected chi connectivity index (χ3v) is 4.23. The maximum atomic E-state index is 11.9. The summed E-state index contributed by atoms with van der Waals surface area (Å²) in [4.78, 5) is 11.9. The first-order chi connectivity index (χ1) is 10.6. The normalized spacial score (nSPS) is 10.5. The monoisotopic (exact) mass is 380 g/mol. The molecule has 2 aromatic carbocycles. The molecule has 0 radical (unpaired) electrons. The predicted molar refractivity (Wildman–Crippen MR) is 95.3 cm³/mol. The van der Waals surface area contributed by atoms with Gasteiger partial charge in [0.25, 0.3) is 0 Å². The number of hydrogen-bond acceptors (Lipinski definition) is 2. The molecule has 0 heterocycles. The van der Waals surface area contributed by atoms with Gasteiger partial charge in [0.15, 0.2) is 0 Å². The maximum Gasteiger partial charge on any atom is 0.225 e. The van der Waals surface area contributed by atoms with Gasteiger partial charge in [-0.2, -0.15) is 0 Å². The Kier molecular flexibility index (Phi) is 6.43. The summed E-state index contributed by atoms with van der Waals surface area (Å²) in [6.45, 7) is 3.26. The van der Waals surface area contributed by atoms with E-state index in [2.05, 4.69) is 26.6 Å². The summed E-state index contributed by atoms with van der Waals surface area (Å²) in [5, 5.41) is 6.86. The number of carbonyl (C=O) groups excluding carboxylic acids is 1. The lowest BCUT2D eigenvalue weighted by molar-refractivity contribution is -0.116. The summed E-state index contributed by atoms with van der Waals surface area (Å²) in [6.07, 6.45) is 0.408. The molecule has 0 bridgehead atoms. The first kappa shape index (κ1) is 17.0. The minimum absolute atomic E-state index is 0.0174. The van der Waals surface area contributed by atoms with E-state index in [1.165, 1.54) is 0 Å². The van der Waals surface area contributed by atoms with Crippen LogP contribution in [0.2, 0.25) is 5.02 Å². The first-order valence-corrected chi connectivity index (χ1v) is 8.23. The Labute approximate surface area is 144 Å². The molecule has 5 heteroatoms. The van der Waals surface area contributed by atoms with Crippen LogP contribution in [0.1, 0.15) is 17.5 Å². The van der Waals surface area contributed by atoms with E-state index in [1.54, 1.807) is 0 Å². The zero-order valence-electron chi connectivity index (χ0n) is 12.3. The van der Waals surface area contributed by atoms with E-state index >= 15 is 0 Å². The highest BCUT2D eigenvalue weighted by molar-refractivity contribution is 9.10. The molecule has 0 unspecified atom stereocenters. The quantitative estimate of drug-likeness (QED) is 0.722. The van der Waals surface area contributed by atoms with Crippen molar-refractivity contribution >= 4 is 39.1 Å². The molecule has 0 aliphatic carbocycles. The molecule has 0 fully saturated rings. The smallest absolute Gasteiger partial charge is 0.225 e. The number of anilines is 1. The summed E-state index contributed by atoms with van der Waals surface area (Å²) in [6, 6.07) is 13.5. The Bertz CT molecular complexity index is 661. The number of benzene rings is 2. The molecule has 0 atom stereocenters. The molecule has 0 spiro atoms. The van der Waals surface area contributed by atoms with Crippen LogP contribution < -0.4 is 10.6 Å². The Hall–Kier alpha value is -1.36. The van der Waals surface area contributed by atoms with Crippen LogP contribution in [-0.4, -0.2) is 12.5 Å². The fourth-order valence-corrected chi connectivity index (χ4v) is 2.80. The van der Waals surface area contributed by atoms with Gasteiger partial charge in [0.1, 0.15) is 0 Å². The van der Waals surface area contributed by atoms with E-state index in [4.69, 9.17) is 11.6 Å². The fourth-order valence-electron chi connectivity index (χ4n) is 2.00. The maximum absolute atomic E-state index is 11.9. The van der Waals surface area contributed by atoms with Gasteiger partial charge >= 0.3 is 0 Å². The van der Waals surface area contributed by atoms with Crippen molar-refractivity contribution in [2.45, 2.75) is 19.9 Å². The molecule has 0 aliphatic heterocycles. The number of aryl methyl sites for hydroxylation is 1. The second kappa shape index (κ2) is 8.32. The van der Waals surface area contributed by atoms with E-state index in [9.17, 15) is 4.79 Å². The molecule has 22 heavy (non-hydrogen) atoms. The van der Waals surface area contributed by atoms with Crippen molar-refractivity contribution in [2.75, 3.05) is 11.9 Å². The van der Waals surface area contributed by atoms with Gasteiger partial charge < -0.3 is 10.6 Å². The summed E-state index contributed by atoms with van der Waals surface area (Å²) >= 11 is 9.53. The van der Waals surface area contributed by atoms with E-state index in [0.29, 0.717) is 19.5 Å². The Morgan fingerprint density at radius 3 is 2.73 bits per heavy atom. The topological polar surface area (TPSA) is 41.1 Å². The standard InChI is InChI=1S/C17H18BrClN2O/c1-12-6-7-16(14(18)10-12)21-17(22)8-9-20-11-13-4-2-3-5-15(13)19/h2-7,10,20H,8-9,11H2,1H3,(H,21,22). The van der Waals surface area contributed by atoms with Crippen molar-refractivity contribution in [2.24, 2.45) is 0 Å². The van der Waals surface area contributed by atoms with Gasteiger partial charge in [0, 0.05) is 29.0 Å². The van der Waals surface area contributed by atoms with Crippen molar-refractivity contribution in [3.8, 4) is 0 Å². The van der Waals surface area contributed by atoms with E-state index < -0.39 is 0 Å². The lowest BCUT2D eigenvalue weighted by atomic mass is 10.2. The highest BCUT2D eigenvalue weighted by atomic mass is 79.9. The molecule has 0 aliphatic rings. The average Bonchev–Trinajstić information content (AvgIpc) is 2.48. The molecule has 0 saturated heterocycles. The Morgan fingerprint density at radius 1 is 1.23 bits per heavy atom. The third kappa shape index (κ3) is 5.13. The van der Waals surface area contributed by atoms with Crippen LogP contribution in [0.5, 0.6) is 0 Å². The van der Waals surface area contributed by atoms with E-state index in [-0.39, 0.29) is 5.91 Å². The number of rotatable bonds is 6. The van der Waals surface area contributed by atoms with Crippen molar-refractivity contribution < 1.29 is 4.79 Å². The predicted octanol–water partition coefficient (Wildman–Crippen LogP) is 4.53. The zero-order chi connectivity index (χ0) is 15.9. The fraction of sp³-hybridized carbons (Fsp3) is 0.235. The Balaban J connectivity index is 1.75. The van der Waals surface area contributed by atoms with Crippen LogP contribution in [0.15, 0.2) is 46.9 Å². The molecular formula is C17H18BrClN2O. The summed E-state index contributed by atoms with van der Waals surface area (Å²) in [5.74, 6) is -0.0174. The molecular weight excluding hydrogens is 364 g/mol. The lowest BCUT2D eigenvalue weighted by Gasteiger charge is -2.09. The van der Waals surface area contributed by atoms with Crippen molar-refractivity contribution in [3.63, 3.8) is 0 Å². The molecule has 1 amide bonds. The molecule has 2 N–H and O–H groups in total. The Morgan fingerprint density at radius 2 is 2.00 bits per heavy atom. The summed E-state index contributed by atoms with van der Waals surface area (Å²) < 4.78 is 0.893. The minimum atomic E-state index is -0.0174. The van der Waals surface area contributed by atoms with E-state index in [1.807, 2.05) is 49.4 Å². The molecule has 116 valence electrons. The van der Waals surface area contributed by atoms with Crippen LogP contribution in [0.25, 0.3) is 0 Å². The first-order valence-electron chi connectivity index (χ1n) is 7.06. The molecule has 0 aromatic heterocycles. The minimum Gasteiger partial charge on any atom is -0.325 e. The van der Waals surface area contributed by atoms with Crippen LogP contribution >= 0.6 is 27.5 Å². The van der Waals surface area contributed by atoms with Gasteiger partial charge in [-0.05, 0) is 52.2 Å². The summed E-state index contributed by atoms with van der Waals surface area (Å²) in [7, 11) is 0. The molecule has 2 rings (SSSR count). The number of halogens is 2. The highest BCUT2D eigenvalue weighted by Crippen LogP contribution is 2.23. The SMILES string of the molecule is Cc1ccc(NC(=O)CCNCc2ccccc2Cl)c(Br)c1. The highest BCUT2D eigenvalue weighted by Gasteiger charge is 2.06. The second-order valence-corrected chi connectivity index (χ2v) is 6.31. The van der Waals surface area contributed by atoms with Gasteiger partial charge in [-0.15, -0.1) is 0 Å². The zero-order valence-corrected chi connectivity index (χ0v) is 14.7. The van der Waals surface area contributed by atoms with Crippen molar-refractivity contribution in [1.29, 1.82) is 0 Å². The number of amides is 1.